The Hall–Kier alpha value is -5.64. The zero-order valence-electron chi connectivity index (χ0n) is 23.4. The number of aromatic hydroxyl groups is 2. The lowest BCUT2D eigenvalue weighted by atomic mass is 10.0. The number of aromatic nitrogens is 2. The smallest absolute Gasteiger partial charge is 0.275 e. The van der Waals surface area contributed by atoms with E-state index in [1.165, 1.54) is 24.3 Å². The maximum Gasteiger partial charge on any atom is 0.275 e. The minimum absolute atomic E-state index is 0.101. The number of carbonyl (C=O) groups excluding carboxylic acids is 2. The van der Waals surface area contributed by atoms with Gasteiger partial charge in [0, 0.05) is 11.1 Å². The molecule has 2 amide bonds. The molecule has 10 nitrogen and oxygen atoms in total. The number of phenols is 2. The van der Waals surface area contributed by atoms with Crippen molar-refractivity contribution in [3.8, 4) is 11.5 Å². The van der Waals surface area contributed by atoms with Crippen molar-refractivity contribution in [3.05, 3.63) is 106 Å². The number of amides is 2. The molecule has 0 aliphatic carbocycles. The number of nitrogens with one attached hydrogen (secondary N) is 2. The fourth-order valence-electron chi connectivity index (χ4n) is 4.44. The van der Waals surface area contributed by atoms with Crippen LogP contribution in [0, 0.1) is 13.8 Å². The lowest BCUT2D eigenvalue weighted by molar-refractivity contribution is 0.0943. The monoisotopic (exact) mass is 560 g/mol. The first kappa shape index (κ1) is 27.9. The minimum atomic E-state index is -0.556. The molecule has 42 heavy (non-hydrogen) atoms. The number of para-hydroxylation sites is 2. The van der Waals surface area contributed by atoms with Gasteiger partial charge in [0.05, 0.1) is 44.6 Å². The van der Waals surface area contributed by atoms with Crippen LogP contribution in [-0.4, -0.2) is 43.4 Å². The van der Waals surface area contributed by atoms with Gasteiger partial charge in [0.2, 0.25) is 0 Å². The molecule has 0 fully saturated rings. The Bertz CT molecular complexity index is 1810. The van der Waals surface area contributed by atoms with E-state index < -0.39 is 11.8 Å². The number of hydrazone groups is 2. The number of carbonyl (C=O) groups is 2. The van der Waals surface area contributed by atoms with Crippen LogP contribution in [0.3, 0.4) is 0 Å². The molecule has 0 unspecified atom stereocenters. The van der Waals surface area contributed by atoms with Crippen LogP contribution in [0.1, 0.15) is 56.8 Å². The lowest BCUT2D eigenvalue weighted by Crippen LogP contribution is -2.20. The highest BCUT2D eigenvalue weighted by Gasteiger charge is 2.17. The van der Waals surface area contributed by atoms with Crippen LogP contribution in [0.15, 0.2) is 83.0 Å². The van der Waals surface area contributed by atoms with Crippen molar-refractivity contribution in [3.63, 3.8) is 0 Å². The van der Waals surface area contributed by atoms with Gasteiger partial charge in [-0.05, 0) is 75.2 Å². The second-order valence-electron chi connectivity index (χ2n) is 9.82. The lowest BCUT2D eigenvalue weighted by Gasteiger charge is -2.13. The SMILES string of the molecule is C/C(=N/NC(=O)c1ccccc1O)c1ccc(/C(C)=N/NC(=O)c2ccccc2O)c2nc3cc(C)c(C)cc3nc12. The van der Waals surface area contributed by atoms with Crippen LogP contribution in [-0.2, 0) is 0 Å². The van der Waals surface area contributed by atoms with E-state index in [4.69, 9.17) is 9.97 Å². The highest BCUT2D eigenvalue weighted by atomic mass is 16.3. The predicted octanol–water partition coefficient (Wildman–Crippen LogP) is 5.12. The maximum absolute atomic E-state index is 12.6. The quantitative estimate of drug-likeness (QED) is 0.129. The number of nitrogens with zero attached hydrogens (tertiary/aromatic N) is 4. The van der Waals surface area contributed by atoms with Gasteiger partial charge < -0.3 is 10.2 Å². The fourth-order valence-corrected chi connectivity index (χ4v) is 4.44. The number of rotatable bonds is 6. The van der Waals surface area contributed by atoms with Crippen LogP contribution in [0.4, 0.5) is 0 Å². The molecule has 0 aliphatic rings. The minimum Gasteiger partial charge on any atom is -0.507 e. The van der Waals surface area contributed by atoms with Crippen molar-refractivity contribution in [2.24, 2.45) is 10.2 Å². The first-order valence-electron chi connectivity index (χ1n) is 13.1. The largest absolute Gasteiger partial charge is 0.507 e. The number of fused-ring (bicyclic) bond motifs is 2. The molecule has 5 rings (SSSR count). The van der Waals surface area contributed by atoms with Crippen LogP contribution in [0.2, 0.25) is 0 Å². The van der Waals surface area contributed by atoms with Gasteiger partial charge in [0.1, 0.15) is 11.5 Å². The predicted molar refractivity (Wildman–Crippen MR) is 162 cm³/mol. The molecule has 210 valence electrons. The summed E-state index contributed by atoms with van der Waals surface area (Å²) in [5.41, 5.74) is 12.0. The average molecular weight is 561 g/mol. The summed E-state index contributed by atoms with van der Waals surface area (Å²) in [6, 6.07) is 19.9. The van der Waals surface area contributed by atoms with Gasteiger partial charge in [-0.25, -0.2) is 20.8 Å². The van der Waals surface area contributed by atoms with Crippen LogP contribution in [0.5, 0.6) is 11.5 Å². The van der Waals surface area contributed by atoms with Gasteiger partial charge in [-0.1, -0.05) is 36.4 Å². The number of hydrogen-bond donors (Lipinski definition) is 4. The Kier molecular flexibility index (Phi) is 7.61. The van der Waals surface area contributed by atoms with E-state index in [2.05, 4.69) is 21.1 Å². The van der Waals surface area contributed by atoms with Gasteiger partial charge >= 0.3 is 0 Å². The summed E-state index contributed by atoms with van der Waals surface area (Å²) in [5, 5.41) is 28.6. The van der Waals surface area contributed by atoms with Crippen LogP contribution < -0.4 is 10.9 Å². The second kappa shape index (κ2) is 11.5. The molecule has 1 heterocycles. The number of phenolic OH excluding ortho intramolecular Hbond substituents is 2. The normalized spacial score (nSPS) is 12.0. The highest BCUT2D eigenvalue weighted by molar-refractivity contribution is 6.16. The van der Waals surface area contributed by atoms with Gasteiger partial charge in [-0.15, -0.1) is 0 Å². The van der Waals surface area contributed by atoms with Crippen LogP contribution in [0.25, 0.3) is 22.1 Å². The highest BCUT2D eigenvalue weighted by Crippen LogP contribution is 2.26. The summed E-state index contributed by atoms with van der Waals surface area (Å²) in [6.45, 7) is 7.48. The summed E-state index contributed by atoms with van der Waals surface area (Å²) in [4.78, 5) is 35.1. The Balaban J connectivity index is 1.57. The molecule has 0 bridgehead atoms. The Morgan fingerprint density at radius 3 is 1.38 bits per heavy atom. The van der Waals surface area contributed by atoms with Crippen LogP contribution >= 0.6 is 0 Å². The van der Waals surface area contributed by atoms with Gasteiger partial charge in [-0.2, -0.15) is 10.2 Å². The summed E-state index contributed by atoms with van der Waals surface area (Å²) < 4.78 is 0. The van der Waals surface area contributed by atoms with Crippen molar-refractivity contribution in [1.29, 1.82) is 0 Å². The molecule has 0 saturated carbocycles. The molecule has 0 atom stereocenters. The van der Waals surface area contributed by atoms with Crippen molar-refractivity contribution in [2.75, 3.05) is 0 Å². The summed E-state index contributed by atoms with van der Waals surface area (Å²) >= 11 is 0. The summed E-state index contributed by atoms with van der Waals surface area (Å²) in [6.07, 6.45) is 0. The number of aryl methyl sites for hydroxylation is 2. The van der Waals surface area contributed by atoms with Crippen molar-refractivity contribution >= 4 is 45.3 Å². The third kappa shape index (κ3) is 5.50. The number of hydrogen-bond acceptors (Lipinski definition) is 8. The molecule has 0 aliphatic heterocycles. The third-order valence-corrected chi connectivity index (χ3v) is 6.93. The van der Waals surface area contributed by atoms with E-state index in [1.807, 2.05) is 26.0 Å². The molecule has 1 aromatic heterocycles. The first-order valence-corrected chi connectivity index (χ1v) is 13.1. The molecule has 10 heteroatoms. The van der Waals surface area contributed by atoms with E-state index in [9.17, 15) is 19.8 Å². The summed E-state index contributed by atoms with van der Waals surface area (Å²) in [5.74, 6) is -1.41. The molecule has 5 aromatic rings. The molecule has 4 N–H and O–H groups in total. The standard InChI is InChI=1S/C32H28N6O4/c1-17-15-25-26(16-18(17)2)34-30-22(20(4)36-38-32(42)24-10-6-8-12-28(24)40)14-13-21(29(30)33-25)19(3)35-37-31(41)23-9-5-7-11-27(23)39/h5-16,39-40H,1-4H3,(H,37,41)(H,38,42)/b35-19-,36-20+. The number of benzene rings is 4. The van der Waals surface area contributed by atoms with E-state index in [1.54, 1.807) is 50.2 Å². The molecular formula is C32H28N6O4. The fraction of sp³-hybridized carbons (Fsp3) is 0.125. The first-order chi connectivity index (χ1) is 20.1. The van der Waals surface area contributed by atoms with Crippen molar-refractivity contribution in [1.82, 2.24) is 20.8 Å². The van der Waals surface area contributed by atoms with Gasteiger partial charge in [0.25, 0.3) is 11.8 Å². The van der Waals surface area contributed by atoms with E-state index in [0.29, 0.717) is 44.6 Å². The molecule has 0 radical (unpaired) electrons. The average Bonchev–Trinajstić information content (AvgIpc) is 2.98. The van der Waals surface area contributed by atoms with Gasteiger partial charge in [-0.3, -0.25) is 9.59 Å². The zero-order chi connectivity index (χ0) is 30.0. The second-order valence-corrected chi connectivity index (χ2v) is 9.82. The molecule has 4 aromatic carbocycles. The van der Waals surface area contributed by atoms with E-state index in [0.717, 1.165) is 11.1 Å². The van der Waals surface area contributed by atoms with E-state index >= 15 is 0 Å². The van der Waals surface area contributed by atoms with Crippen molar-refractivity contribution in [2.45, 2.75) is 27.7 Å². The van der Waals surface area contributed by atoms with Crippen molar-refractivity contribution < 1.29 is 19.8 Å². The van der Waals surface area contributed by atoms with Gasteiger partial charge in [0.15, 0.2) is 0 Å². The van der Waals surface area contributed by atoms with E-state index in [-0.39, 0.29) is 22.6 Å². The molecular weight excluding hydrogens is 532 g/mol. The third-order valence-electron chi connectivity index (χ3n) is 6.93. The Morgan fingerprint density at radius 1 is 0.619 bits per heavy atom. The Labute approximate surface area is 241 Å². The maximum atomic E-state index is 12.6. The Morgan fingerprint density at radius 2 is 1.00 bits per heavy atom. The summed E-state index contributed by atoms with van der Waals surface area (Å²) in [7, 11) is 0. The zero-order valence-corrected chi connectivity index (χ0v) is 23.4. The topological polar surface area (TPSA) is 149 Å². The molecule has 0 spiro atoms. The molecule has 0 saturated heterocycles.